The molecule has 7 heteroatoms. The minimum atomic E-state index is -0.120. The standard InChI is InChI=1S/C19H38N6S/c1-18(2,3)13-19(4,5)25-17(22-23-24-25)16(11-12-26-6)21-15-9-7-14(20)8-10-15/h14-16,21H,7-13,20H2,1-6H3. The van der Waals surface area contributed by atoms with Gasteiger partial charge in [-0.1, -0.05) is 20.8 Å². The molecule has 2 rings (SSSR count). The third-order valence-corrected chi connectivity index (χ3v) is 5.80. The van der Waals surface area contributed by atoms with Crippen molar-refractivity contribution >= 4 is 11.8 Å². The molecule has 0 radical (unpaired) electrons. The molecule has 6 nitrogen and oxygen atoms in total. The molecule has 0 aromatic carbocycles. The van der Waals surface area contributed by atoms with Gasteiger partial charge in [0.15, 0.2) is 5.82 Å². The van der Waals surface area contributed by atoms with Gasteiger partial charge in [-0.2, -0.15) is 11.8 Å². The topological polar surface area (TPSA) is 81.7 Å². The highest BCUT2D eigenvalue weighted by Crippen LogP contribution is 2.34. The third-order valence-electron chi connectivity index (χ3n) is 5.16. The lowest BCUT2D eigenvalue weighted by Crippen LogP contribution is -2.42. The molecule has 0 bridgehead atoms. The highest BCUT2D eigenvalue weighted by Gasteiger charge is 2.33. The van der Waals surface area contributed by atoms with Crippen molar-refractivity contribution in [2.75, 3.05) is 12.0 Å². The number of hydrogen-bond donors (Lipinski definition) is 2. The Balaban J connectivity index is 2.19. The Hall–Kier alpha value is -0.660. The van der Waals surface area contributed by atoms with Gasteiger partial charge in [0.2, 0.25) is 0 Å². The van der Waals surface area contributed by atoms with Crippen LogP contribution in [0.1, 0.15) is 85.0 Å². The molecule has 150 valence electrons. The van der Waals surface area contributed by atoms with Gasteiger partial charge in [0, 0.05) is 12.1 Å². The van der Waals surface area contributed by atoms with Gasteiger partial charge in [0.05, 0.1) is 11.6 Å². The lowest BCUT2D eigenvalue weighted by molar-refractivity contribution is 0.184. The molecule has 3 N–H and O–H groups in total. The monoisotopic (exact) mass is 382 g/mol. The lowest BCUT2D eigenvalue weighted by Gasteiger charge is -2.35. The van der Waals surface area contributed by atoms with Gasteiger partial charge < -0.3 is 11.1 Å². The molecule has 0 aliphatic heterocycles. The van der Waals surface area contributed by atoms with Gasteiger partial charge in [-0.25, -0.2) is 4.68 Å². The van der Waals surface area contributed by atoms with Gasteiger partial charge in [-0.3, -0.25) is 0 Å². The van der Waals surface area contributed by atoms with Crippen LogP contribution >= 0.6 is 11.8 Å². The fourth-order valence-electron chi connectivity index (χ4n) is 4.31. The van der Waals surface area contributed by atoms with Crippen molar-refractivity contribution in [3.63, 3.8) is 0 Å². The Morgan fingerprint density at radius 1 is 1.19 bits per heavy atom. The molecule has 1 unspecified atom stereocenters. The minimum absolute atomic E-state index is 0.120. The largest absolute Gasteiger partial charge is 0.328 e. The maximum Gasteiger partial charge on any atom is 0.168 e. The molecule has 1 aromatic heterocycles. The minimum Gasteiger partial charge on any atom is -0.328 e. The van der Waals surface area contributed by atoms with E-state index in [2.05, 4.69) is 66.4 Å². The Morgan fingerprint density at radius 2 is 1.85 bits per heavy atom. The number of rotatable bonds is 8. The molecule has 1 aliphatic rings. The molecular weight excluding hydrogens is 344 g/mol. The van der Waals surface area contributed by atoms with Gasteiger partial charge in [-0.05, 0) is 80.2 Å². The van der Waals surface area contributed by atoms with E-state index in [-0.39, 0.29) is 17.0 Å². The zero-order valence-electron chi connectivity index (χ0n) is 17.5. The van der Waals surface area contributed by atoms with Crippen LogP contribution in [0.15, 0.2) is 0 Å². The highest BCUT2D eigenvalue weighted by atomic mass is 32.2. The molecule has 1 fully saturated rings. The summed E-state index contributed by atoms with van der Waals surface area (Å²) >= 11 is 1.88. The van der Waals surface area contributed by atoms with Crippen molar-refractivity contribution in [2.24, 2.45) is 11.1 Å². The lowest BCUT2D eigenvalue weighted by atomic mass is 9.81. The van der Waals surface area contributed by atoms with Crippen LogP contribution in [0.3, 0.4) is 0 Å². The van der Waals surface area contributed by atoms with Crippen LogP contribution in [0, 0.1) is 5.41 Å². The van der Waals surface area contributed by atoms with Crippen LogP contribution in [-0.4, -0.2) is 44.3 Å². The number of nitrogens with two attached hydrogens (primary N) is 1. The van der Waals surface area contributed by atoms with Crippen LogP contribution in [0.2, 0.25) is 0 Å². The molecule has 1 saturated carbocycles. The van der Waals surface area contributed by atoms with Gasteiger partial charge in [0.1, 0.15) is 0 Å². The van der Waals surface area contributed by atoms with Crippen LogP contribution < -0.4 is 11.1 Å². The number of nitrogens with one attached hydrogen (secondary N) is 1. The predicted octanol–water partition coefficient (Wildman–Crippen LogP) is 3.50. The summed E-state index contributed by atoms with van der Waals surface area (Å²) in [7, 11) is 0. The van der Waals surface area contributed by atoms with E-state index in [4.69, 9.17) is 5.73 Å². The Morgan fingerprint density at radius 3 is 2.42 bits per heavy atom. The first kappa shape index (κ1) is 21.6. The maximum absolute atomic E-state index is 6.07. The average Bonchev–Trinajstić information content (AvgIpc) is 3.01. The van der Waals surface area contributed by atoms with E-state index in [1.165, 1.54) is 0 Å². The molecule has 0 amide bonds. The fourth-order valence-corrected chi connectivity index (χ4v) is 4.78. The van der Waals surface area contributed by atoms with Crippen LogP contribution in [0.25, 0.3) is 0 Å². The summed E-state index contributed by atoms with van der Waals surface area (Å²) in [5.74, 6) is 2.07. The van der Waals surface area contributed by atoms with Crippen molar-refractivity contribution in [3.05, 3.63) is 5.82 Å². The first-order valence-corrected chi connectivity index (χ1v) is 11.3. The highest BCUT2D eigenvalue weighted by molar-refractivity contribution is 7.98. The summed E-state index contributed by atoms with van der Waals surface area (Å²) in [5.41, 5.74) is 6.17. The van der Waals surface area contributed by atoms with E-state index in [9.17, 15) is 0 Å². The Labute approximate surface area is 163 Å². The summed E-state index contributed by atoms with van der Waals surface area (Å²) in [4.78, 5) is 0. The zero-order chi connectivity index (χ0) is 19.4. The number of hydrogen-bond acceptors (Lipinski definition) is 6. The van der Waals surface area contributed by atoms with E-state index in [0.29, 0.717) is 12.1 Å². The van der Waals surface area contributed by atoms with Crippen LogP contribution in [0.4, 0.5) is 0 Å². The molecule has 0 spiro atoms. The summed E-state index contributed by atoms with van der Waals surface area (Å²) in [6.45, 7) is 11.3. The smallest absolute Gasteiger partial charge is 0.168 e. The van der Waals surface area contributed by atoms with E-state index < -0.39 is 0 Å². The van der Waals surface area contributed by atoms with E-state index in [0.717, 1.165) is 50.1 Å². The molecule has 1 heterocycles. The second-order valence-corrected chi connectivity index (χ2v) is 10.6. The second kappa shape index (κ2) is 9.02. The second-order valence-electron chi connectivity index (χ2n) is 9.61. The summed E-state index contributed by atoms with van der Waals surface area (Å²) in [6.07, 6.45) is 8.71. The van der Waals surface area contributed by atoms with Gasteiger partial charge >= 0.3 is 0 Å². The van der Waals surface area contributed by atoms with E-state index >= 15 is 0 Å². The number of aromatic nitrogens is 4. The quantitative estimate of drug-likeness (QED) is 0.716. The Bertz CT molecular complexity index is 542. The van der Waals surface area contributed by atoms with E-state index in [1.807, 2.05) is 11.8 Å². The summed E-state index contributed by atoms with van der Waals surface area (Å²) in [6, 6.07) is 1.07. The fraction of sp³-hybridized carbons (Fsp3) is 0.947. The van der Waals surface area contributed by atoms with Crippen molar-refractivity contribution in [1.29, 1.82) is 0 Å². The first-order chi connectivity index (χ1) is 12.1. The van der Waals surface area contributed by atoms with Crippen molar-refractivity contribution < 1.29 is 0 Å². The summed E-state index contributed by atoms with van der Waals surface area (Å²) < 4.78 is 2.06. The molecule has 1 aliphatic carbocycles. The van der Waals surface area contributed by atoms with E-state index in [1.54, 1.807) is 0 Å². The normalized spacial score (nSPS) is 23.2. The first-order valence-electron chi connectivity index (χ1n) is 9.92. The zero-order valence-corrected chi connectivity index (χ0v) is 18.3. The Kier molecular flexibility index (Phi) is 7.51. The van der Waals surface area contributed by atoms with Crippen molar-refractivity contribution in [1.82, 2.24) is 25.5 Å². The molecule has 1 aromatic rings. The van der Waals surface area contributed by atoms with Gasteiger partial charge in [-0.15, -0.1) is 5.10 Å². The maximum atomic E-state index is 6.07. The van der Waals surface area contributed by atoms with Crippen molar-refractivity contribution in [2.45, 2.75) is 96.8 Å². The third kappa shape index (κ3) is 6.20. The predicted molar refractivity (Wildman–Crippen MR) is 110 cm³/mol. The molecule has 0 saturated heterocycles. The van der Waals surface area contributed by atoms with Gasteiger partial charge in [0.25, 0.3) is 0 Å². The van der Waals surface area contributed by atoms with Crippen LogP contribution in [-0.2, 0) is 5.54 Å². The number of nitrogens with zero attached hydrogens (tertiary/aromatic N) is 4. The molecule has 26 heavy (non-hydrogen) atoms. The number of thioether (sulfide) groups is 1. The van der Waals surface area contributed by atoms with Crippen molar-refractivity contribution in [3.8, 4) is 0 Å². The molecule has 1 atom stereocenters. The SMILES string of the molecule is CSCCC(NC1CCC(N)CC1)c1nnnn1C(C)(C)CC(C)(C)C. The van der Waals surface area contributed by atoms with Crippen LogP contribution in [0.5, 0.6) is 0 Å². The summed E-state index contributed by atoms with van der Waals surface area (Å²) in [5, 5.41) is 16.8. The number of tetrazole rings is 1. The molecular formula is C19H38N6S. The average molecular weight is 383 g/mol.